The number of aryl methyl sites for hydroxylation is 1. The normalized spacial score (nSPS) is 23.9. The number of rotatable bonds is 4. The molecule has 2 saturated heterocycles. The first-order valence-corrected chi connectivity index (χ1v) is 8.26. The van der Waals surface area contributed by atoms with Crippen LogP contribution in [0.3, 0.4) is 0 Å². The second kappa shape index (κ2) is 6.29. The molecule has 22 heavy (non-hydrogen) atoms. The summed E-state index contributed by atoms with van der Waals surface area (Å²) >= 11 is 0. The van der Waals surface area contributed by atoms with Crippen LogP contribution in [0.5, 0.6) is 5.75 Å². The average molecular weight is 302 g/mol. The Labute approximate surface area is 132 Å². The average Bonchev–Trinajstić information content (AvgIpc) is 3.05. The van der Waals surface area contributed by atoms with Crippen molar-refractivity contribution in [2.24, 2.45) is 11.8 Å². The van der Waals surface area contributed by atoms with Crippen molar-refractivity contribution in [1.82, 2.24) is 10.2 Å². The summed E-state index contributed by atoms with van der Waals surface area (Å²) in [6.07, 6.45) is 0. The van der Waals surface area contributed by atoms with Gasteiger partial charge in [0.25, 0.3) is 5.91 Å². The van der Waals surface area contributed by atoms with Gasteiger partial charge in [0, 0.05) is 26.2 Å². The second-order valence-corrected chi connectivity index (χ2v) is 6.96. The first kappa shape index (κ1) is 15.3. The van der Waals surface area contributed by atoms with Crippen LogP contribution in [0.25, 0.3) is 0 Å². The predicted molar refractivity (Wildman–Crippen MR) is 87.2 cm³/mol. The zero-order valence-electron chi connectivity index (χ0n) is 13.8. The van der Waals surface area contributed by atoms with E-state index in [0.29, 0.717) is 17.8 Å². The lowest BCUT2D eigenvalue weighted by Gasteiger charge is -2.19. The first-order valence-electron chi connectivity index (χ1n) is 8.26. The van der Waals surface area contributed by atoms with E-state index in [2.05, 4.69) is 31.3 Å². The summed E-state index contributed by atoms with van der Waals surface area (Å²) < 4.78 is 5.87. The maximum atomic E-state index is 12.4. The van der Waals surface area contributed by atoms with Crippen molar-refractivity contribution in [2.75, 3.05) is 32.8 Å². The molecule has 1 aromatic rings. The van der Waals surface area contributed by atoms with Crippen LogP contribution in [0, 0.1) is 18.8 Å². The standard InChI is InChI=1S/C18H26N2O2/c1-12(2)16-5-4-13(3)6-17(16)22-11-18(21)20-9-14-7-19-8-15(14)10-20/h4-6,12,14-15,19H,7-11H2,1-3H3/t14-,15+. The minimum Gasteiger partial charge on any atom is -0.483 e. The molecule has 2 fully saturated rings. The largest absolute Gasteiger partial charge is 0.483 e. The highest BCUT2D eigenvalue weighted by atomic mass is 16.5. The monoisotopic (exact) mass is 302 g/mol. The number of carbonyl (C=O) groups is 1. The van der Waals surface area contributed by atoms with Gasteiger partial charge in [-0.1, -0.05) is 26.0 Å². The van der Waals surface area contributed by atoms with Gasteiger partial charge in [0.15, 0.2) is 6.61 Å². The van der Waals surface area contributed by atoms with E-state index < -0.39 is 0 Å². The van der Waals surface area contributed by atoms with Gasteiger partial charge >= 0.3 is 0 Å². The number of fused-ring (bicyclic) bond motifs is 1. The van der Waals surface area contributed by atoms with E-state index in [1.165, 1.54) is 5.56 Å². The summed E-state index contributed by atoms with van der Waals surface area (Å²) in [6, 6.07) is 6.23. The Kier molecular flexibility index (Phi) is 4.39. The van der Waals surface area contributed by atoms with Crippen molar-refractivity contribution in [3.8, 4) is 5.75 Å². The fraction of sp³-hybridized carbons (Fsp3) is 0.611. The van der Waals surface area contributed by atoms with E-state index in [0.717, 1.165) is 37.5 Å². The van der Waals surface area contributed by atoms with Gasteiger partial charge in [-0.25, -0.2) is 0 Å². The third kappa shape index (κ3) is 3.12. The Balaban J connectivity index is 1.60. The van der Waals surface area contributed by atoms with Gasteiger partial charge in [0.2, 0.25) is 0 Å². The van der Waals surface area contributed by atoms with Crippen LogP contribution in [0.4, 0.5) is 0 Å². The summed E-state index contributed by atoms with van der Waals surface area (Å²) in [5.41, 5.74) is 2.33. The Bertz CT molecular complexity index is 544. The van der Waals surface area contributed by atoms with E-state index in [1.807, 2.05) is 17.9 Å². The van der Waals surface area contributed by atoms with Crippen molar-refractivity contribution in [3.63, 3.8) is 0 Å². The van der Waals surface area contributed by atoms with E-state index in [1.54, 1.807) is 0 Å². The highest BCUT2D eigenvalue weighted by Crippen LogP contribution is 2.29. The van der Waals surface area contributed by atoms with Gasteiger partial charge in [0.05, 0.1) is 0 Å². The Morgan fingerprint density at radius 1 is 1.32 bits per heavy atom. The molecule has 0 aromatic heterocycles. The van der Waals surface area contributed by atoms with Crippen LogP contribution in [-0.4, -0.2) is 43.6 Å². The fourth-order valence-corrected chi connectivity index (χ4v) is 3.53. The molecule has 4 heteroatoms. The molecule has 0 radical (unpaired) electrons. The summed E-state index contributed by atoms with van der Waals surface area (Å²) in [5, 5.41) is 3.40. The number of hydrogen-bond donors (Lipinski definition) is 1. The van der Waals surface area contributed by atoms with Gasteiger partial charge in [0.1, 0.15) is 5.75 Å². The maximum Gasteiger partial charge on any atom is 0.260 e. The zero-order chi connectivity index (χ0) is 15.7. The predicted octanol–water partition coefficient (Wildman–Crippen LogP) is 2.18. The lowest BCUT2D eigenvalue weighted by molar-refractivity contribution is -0.132. The molecule has 120 valence electrons. The molecular formula is C18H26N2O2. The van der Waals surface area contributed by atoms with E-state index >= 15 is 0 Å². The van der Waals surface area contributed by atoms with Gasteiger partial charge in [-0.15, -0.1) is 0 Å². The summed E-state index contributed by atoms with van der Waals surface area (Å²) in [6.45, 7) is 10.3. The molecule has 2 aliphatic rings. The van der Waals surface area contributed by atoms with Crippen LogP contribution in [0.2, 0.25) is 0 Å². The fourth-order valence-electron chi connectivity index (χ4n) is 3.53. The number of nitrogens with one attached hydrogen (secondary N) is 1. The van der Waals surface area contributed by atoms with Crippen LogP contribution in [0.15, 0.2) is 18.2 Å². The Morgan fingerprint density at radius 3 is 2.64 bits per heavy atom. The van der Waals surface area contributed by atoms with Crippen molar-refractivity contribution >= 4 is 5.91 Å². The first-order chi connectivity index (χ1) is 10.5. The molecule has 2 heterocycles. The van der Waals surface area contributed by atoms with E-state index in [9.17, 15) is 4.79 Å². The van der Waals surface area contributed by atoms with E-state index in [4.69, 9.17) is 4.74 Å². The number of carbonyl (C=O) groups excluding carboxylic acids is 1. The Morgan fingerprint density at radius 2 is 2.00 bits per heavy atom. The highest BCUT2D eigenvalue weighted by Gasteiger charge is 2.38. The smallest absolute Gasteiger partial charge is 0.260 e. The molecule has 1 aromatic carbocycles. The minimum absolute atomic E-state index is 0.116. The minimum atomic E-state index is 0.116. The molecule has 1 N–H and O–H groups in total. The van der Waals surface area contributed by atoms with Crippen LogP contribution >= 0.6 is 0 Å². The third-order valence-corrected chi connectivity index (χ3v) is 4.88. The van der Waals surface area contributed by atoms with Crippen LogP contribution in [0.1, 0.15) is 30.9 Å². The number of amides is 1. The molecule has 0 unspecified atom stereocenters. The summed E-state index contributed by atoms with van der Waals surface area (Å²) in [7, 11) is 0. The number of likely N-dealkylation sites (tertiary alicyclic amines) is 1. The molecule has 2 atom stereocenters. The third-order valence-electron chi connectivity index (χ3n) is 4.88. The van der Waals surface area contributed by atoms with Crippen molar-refractivity contribution in [1.29, 1.82) is 0 Å². The molecule has 1 amide bonds. The maximum absolute atomic E-state index is 12.4. The van der Waals surface area contributed by atoms with Crippen molar-refractivity contribution in [3.05, 3.63) is 29.3 Å². The molecular weight excluding hydrogens is 276 g/mol. The van der Waals surface area contributed by atoms with Gasteiger partial charge in [-0.3, -0.25) is 4.79 Å². The molecule has 3 rings (SSSR count). The van der Waals surface area contributed by atoms with Crippen LogP contribution in [-0.2, 0) is 4.79 Å². The molecule has 0 bridgehead atoms. The number of hydrogen-bond acceptors (Lipinski definition) is 3. The highest BCUT2D eigenvalue weighted by molar-refractivity contribution is 5.78. The Hall–Kier alpha value is -1.55. The van der Waals surface area contributed by atoms with Gasteiger partial charge in [-0.2, -0.15) is 0 Å². The molecule has 2 aliphatic heterocycles. The van der Waals surface area contributed by atoms with Crippen molar-refractivity contribution < 1.29 is 9.53 Å². The van der Waals surface area contributed by atoms with Crippen molar-refractivity contribution in [2.45, 2.75) is 26.7 Å². The quantitative estimate of drug-likeness (QED) is 0.927. The number of nitrogens with zero attached hydrogens (tertiary/aromatic N) is 1. The van der Waals surface area contributed by atoms with Gasteiger partial charge < -0.3 is 15.0 Å². The molecule has 0 saturated carbocycles. The molecule has 4 nitrogen and oxygen atoms in total. The SMILES string of the molecule is Cc1ccc(C(C)C)c(OCC(=O)N2C[C@H]3CNC[C@H]3C2)c1. The lowest BCUT2D eigenvalue weighted by atomic mass is 10.0. The zero-order valence-corrected chi connectivity index (χ0v) is 13.8. The van der Waals surface area contributed by atoms with Crippen LogP contribution < -0.4 is 10.1 Å². The second-order valence-electron chi connectivity index (χ2n) is 6.96. The topological polar surface area (TPSA) is 41.6 Å². The number of benzene rings is 1. The summed E-state index contributed by atoms with van der Waals surface area (Å²) in [5.74, 6) is 2.63. The number of ether oxygens (including phenoxy) is 1. The summed E-state index contributed by atoms with van der Waals surface area (Å²) in [4.78, 5) is 14.4. The molecule has 0 aliphatic carbocycles. The lowest BCUT2D eigenvalue weighted by Crippen LogP contribution is -2.35. The van der Waals surface area contributed by atoms with E-state index in [-0.39, 0.29) is 12.5 Å². The van der Waals surface area contributed by atoms with Gasteiger partial charge in [-0.05, 0) is 41.9 Å². The molecule has 0 spiro atoms.